The molecule has 31 atom stereocenters. The molecular formula is C51H84O24. The molecule has 0 aromatic rings. The molecule has 24 heteroatoms. The standard InChI is InChI=1S/C51H84O24/c1-20(19-67-45-40(63)36(59)33(56)28(15-52)69-45)7-12-51(66)21(2)32-27(75-51)14-26-24-6-5-22-13-23(8-10-49(22,3)25(24)9-11-50(26,32)4)68-46-42(65)39(62)43(31(18-55)72-46)73-48-44(38(61)35(58)30(17-54)71-48)74-47-41(64)37(60)34(57)29(16-53)70-47/h5,20-21,23-48,52-66H,6-19H2,1-4H3/t20?,21-,23-,24+,25-,26-,27-,28+,29+,30+,31+,32-,33+,34-,35+,36-,37-,38-,39+,40+,41+,42+,43-,44+,45+,46+,47-,48-,49-,50-,51+/m0/s1. The molecule has 0 radical (unpaired) electrons. The van der Waals surface area contributed by atoms with Gasteiger partial charge in [-0.3, -0.25) is 0 Å². The number of allylic oxidation sites excluding steroid dienone is 1. The van der Waals surface area contributed by atoms with Crippen LogP contribution in [0, 0.1) is 46.3 Å². The third-order valence-electron chi connectivity index (χ3n) is 19.5. The van der Waals surface area contributed by atoms with Gasteiger partial charge in [0, 0.05) is 12.3 Å². The number of aliphatic hydroxyl groups is 15. The summed E-state index contributed by atoms with van der Waals surface area (Å²) in [6.07, 6.45) is -23.7. The zero-order chi connectivity index (χ0) is 54.2. The molecule has 9 rings (SSSR count). The van der Waals surface area contributed by atoms with E-state index in [0.717, 1.165) is 32.1 Å². The Bertz CT molecular complexity index is 1930. The van der Waals surface area contributed by atoms with E-state index in [4.69, 9.17) is 42.6 Å². The number of rotatable bonds is 16. The molecule has 24 nitrogen and oxygen atoms in total. The van der Waals surface area contributed by atoms with Gasteiger partial charge in [-0.25, -0.2) is 0 Å². The molecule has 0 spiro atoms. The monoisotopic (exact) mass is 1080 g/mol. The molecular weight excluding hydrogens is 997 g/mol. The summed E-state index contributed by atoms with van der Waals surface area (Å²) in [5, 5.41) is 159. The summed E-state index contributed by atoms with van der Waals surface area (Å²) < 4.78 is 53.4. The molecule has 8 fully saturated rings. The second-order valence-electron chi connectivity index (χ2n) is 23.8. The Balaban J connectivity index is 0.798. The lowest BCUT2D eigenvalue weighted by Crippen LogP contribution is -2.67. The maximum absolute atomic E-state index is 12.1. The molecule has 5 heterocycles. The second kappa shape index (κ2) is 23.0. The lowest BCUT2D eigenvalue weighted by molar-refractivity contribution is -0.390. The molecule has 9 aliphatic rings. The summed E-state index contributed by atoms with van der Waals surface area (Å²) in [5.41, 5.74) is 1.08. The fraction of sp³-hybridized carbons (Fsp3) is 0.961. The van der Waals surface area contributed by atoms with E-state index in [9.17, 15) is 76.6 Å². The Morgan fingerprint density at radius 1 is 0.613 bits per heavy atom. The molecule has 0 aromatic heterocycles. The van der Waals surface area contributed by atoms with Gasteiger partial charge in [-0.1, -0.05) is 39.3 Å². The fourth-order valence-corrected chi connectivity index (χ4v) is 15.0. The van der Waals surface area contributed by atoms with Gasteiger partial charge < -0.3 is 119 Å². The van der Waals surface area contributed by atoms with E-state index in [1.165, 1.54) is 5.57 Å². The first kappa shape index (κ1) is 58.4. The number of hydrogen-bond donors (Lipinski definition) is 15. The average Bonchev–Trinajstić information content (AvgIpc) is 3.83. The summed E-state index contributed by atoms with van der Waals surface area (Å²) in [5.74, 6) is -0.225. The van der Waals surface area contributed by atoms with Crippen molar-refractivity contribution in [3.63, 3.8) is 0 Å². The smallest absolute Gasteiger partial charge is 0.187 e. The van der Waals surface area contributed by atoms with Crippen LogP contribution in [0.4, 0.5) is 0 Å². The predicted octanol–water partition coefficient (Wildman–Crippen LogP) is -4.03. The van der Waals surface area contributed by atoms with Gasteiger partial charge in [0.15, 0.2) is 30.9 Å². The van der Waals surface area contributed by atoms with Crippen molar-refractivity contribution in [3.8, 4) is 0 Å². The molecule has 0 aromatic carbocycles. The summed E-state index contributed by atoms with van der Waals surface area (Å²) in [6, 6.07) is 0. The first-order valence-electron chi connectivity index (χ1n) is 27.1. The second-order valence-corrected chi connectivity index (χ2v) is 23.8. The molecule has 4 aliphatic carbocycles. The average molecular weight is 1080 g/mol. The zero-order valence-electron chi connectivity index (χ0n) is 43.0. The lowest BCUT2D eigenvalue weighted by Gasteiger charge is -2.58. The molecule has 5 saturated heterocycles. The highest BCUT2D eigenvalue weighted by Gasteiger charge is 2.68. The van der Waals surface area contributed by atoms with Crippen molar-refractivity contribution >= 4 is 0 Å². The van der Waals surface area contributed by atoms with Gasteiger partial charge in [-0.15, -0.1) is 0 Å². The highest BCUT2D eigenvalue weighted by molar-refractivity contribution is 5.26. The van der Waals surface area contributed by atoms with Crippen LogP contribution in [0.5, 0.6) is 0 Å². The van der Waals surface area contributed by atoms with Crippen LogP contribution in [-0.4, -0.2) is 250 Å². The van der Waals surface area contributed by atoms with E-state index in [1.54, 1.807) is 0 Å². The molecule has 15 N–H and O–H groups in total. The summed E-state index contributed by atoms with van der Waals surface area (Å²) >= 11 is 0. The van der Waals surface area contributed by atoms with Gasteiger partial charge in [0.1, 0.15) is 97.7 Å². The third kappa shape index (κ3) is 10.6. The van der Waals surface area contributed by atoms with E-state index in [0.29, 0.717) is 43.4 Å². The van der Waals surface area contributed by atoms with Crippen molar-refractivity contribution in [2.24, 2.45) is 46.3 Å². The van der Waals surface area contributed by atoms with Crippen molar-refractivity contribution in [2.45, 2.75) is 226 Å². The molecule has 1 unspecified atom stereocenters. The van der Waals surface area contributed by atoms with Crippen molar-refractivity contribution in [1.29, 1.82) is 0 Å². The van der Waals surface area contributed by atoms with Gasteiger partial charge in [0.25, 0.3) is 0 Å². The van der Waals surface area contributed by atoms with Gasteiger partial charge in [-0.05, 0) is 91.8 Å². The van der Waals surface area contributed by atoms with Gasteiger partial charge in [0.2, 0.25) is 0 Å². The Hall–Kier alpha value is -1.22. The van der Waals surface area contributed by atoms with Gasteiger partial charge >= 0.3 is 0 Å². The highest BCUT2D eigenvalue weighted by atomic mass is 16.8. The minimum absolute atomic E-state index is 0.0569. The van der Waals surface area contributed by atoms with E-state index < -0.39 is 161 Å². The van der Waals surface area contributed by atoms with E-state index in [1.807, 2.05) is 6.92 Å². The van der Waals surface area contributed by atoms with Crippen molar-refractivity contribution in [3.05, 3.63) is 11.6 Å². The molecule has 432 valence electrons. The minimum Gasteiger partial charge on any atom is -0.394 e. The first-order valence-corrected chi connectivity index (χ1v) is 27.1. The van der Waals surface area contributed by atoms with Crippen molar-refractivity contribution in [2.75, 3.05) is 33.0 Å². The van der Waals surface area contributed by atoms with Gasteiger partial charge in [0.05, 0.1) is 45.2 Å². The van der Waals surface area contributed by atoms with Crippen LogP contribution in [0.2, 0.25) is 0 Å². The Kier molecular flexibility index (Phi) is 17.9. The van der Waals surface area contributed by atoms with Crippen LogP contribution < -0.4 is 0 Å². The Morgan fingerprint density at radius 3 is 1.79 bits per heavy atom. The topological polar surface area (TPSA) is 387 Å². The maximum Gasteiger partial charge on any atom is 0.187 e. The summed E-state index contributed by atoms with van der Waals surface area (Å²) in [6.45, 7) is 6.02. The highest BCUT2D eigenvalue weighted by Crippen LogP contribution is 2.70. The molecule has 3 saturated carbocycles. The lowest BCUT2D eigenvalue weighted by atomic mass is 9.47. The number of fused-ring (bicyclic) bond motifs is 7. The summed E-state index contributed by atoms with van der Waals surface area (Å²) in [4.78, 5) is 0. The molecule has 0 amide bonds. The normalized spacial score (nSPS) is 54.3. The molecule has 5 aliphatic heterocycles. The first-order chi connectivity index (χ1) is 35.5. The van der Waals surface area contributed by atoms with Crippen molar-refractivity contribution < 1.29 is 119 Å². The van der Waals surface area contributed by atoms with Crippen LogP contribution in [0.1, 0.15) is 85.5 Å². The quantitative estimate of drug-likeness (QED) is 0.0655. The van der Waals surface area contributed by atoms with Crippen LogP contribution in [-0.2, 0) is 42.6 Å². The summed E-state index contributed by atoms with van der Waals surface area (Å²) in [7, 11) is 0. The Labute approximate surface area is 435 Å². The largest absolute Gasteiger partial charge is 0.394 e. The van der Waals surface area contributed by atoms with Crippen molar-refractivity contribution in [1.82, 2.24) is 0 Å². The van der Waals surface area contributed by atoms with E-state index >= 15 is 0 Å². The maximum atomic E-state index is 12.1. The van der Waals surface area contributed by atoms with Crippen LogP contribution in [0.3, 0.4) is 0 Å². The van der Waals surface area contributed by atoms with Crippen LogP contribution in [0.25, 0.3) is 0 Å². The van der Waals surface area contributed by atoms with Crippen LogP contribution in [0.15, 0.2) is 11.6 Å². The predicted molar refractivity (Wildman–Crippen MR) is 252 cm³/mol. The SMILES string of the molecule is CC(CC[C@@]1(O)O[C@H]2C[C@H]3[C@@H]4CC=C5C[C@@H](O[C@@H]6O[C@H](CO)[C@H](O[C@@H]7O[C@H](CO)[C@@H](O)[C@H](O)[C@H]7O[C@@H]7O[C@H](CO)[C@H](O)[C@H](O)[C@H]7O)[C@H](O)[C@H]6O)CC[C@]5(C)[C@H]4CC[C@]3(C)[C@H]2[C@@H]1C)CO[C@@H]1O[C@H](CO)[C@@H](O)[C@H](O)[C@H]1O. The van der Waals surface area contributed by atoms with E-state index in [2.05, 4.69) is 26.8 Å². The van der Waals surface area contributed by atoms with Crippen LogP contribution >= 0.6 is 0 Å². The molecule has 75 heavy (non-hydrogen) atoms. The van der Waals surface area contributed by atoms with E-state index in [-0.39, 0.29) is 41.3 Å². The number of hydrogen-bond acceptors (Lipinski definition) is 24. The minimum atomic E-state index is -1.92. The Morgan fingerprint density at radius 2 is 1.15 bits per heavy atom. The number of aliphatic hydroxyl groups excluding tert-OH is 14. The molecule has 0 bridgehead atoms. The fourth-order valence-electron chi connectivity index (χ4n) is 15.0. The number of ether oxygens (including phenoxy) is 9. The zero-order valence-corrected chi connectivity index (χ0v) is 43.0. The third-order valence-corrected chi connectivity index (χ3v) is 19.5. The van der Waals surface area contributed by atoms with Gasteiger partial charge in [-0.2, -0.15) is 0 Å².